The molecule has 0 atom stereocenters. The molecular weight excluding hydrogens is 292 g/mol. The van der Waals surface area contributed by atoms with Crippen LogP contribution in [0.1, 0.15) is 12.6 Å². The molecule has 2 aromatic heterocycles. The minimum Gasteiger partial charge on any atom is -0.309 e. The first kappa shape index (κ1) is 15.0. The summed E-state index contributed by atoms with van der Waals surface area (Å²) in [6.07, 6.45) is 0. The molecule has 0 spiro atoms. The van der Waals surface area contributed by atoms with Gasteiger partial charge in [-0.3, -0.25) is 13.9 Å². The van der Waals surface area contributed by atoms with E-state index in [9.17, 15) is 9.59 Å². The van der Waals surface area contributed by atoms with E-state index in [1.165, 1.54) is 4.57 Å². The molecule has 1 amide bonds. The summed E-state index contributed by atoms with van der Waals surface area (Å²) in [5.74, 6) is 0.214. The van der Waals surface area contributed by atoms with Gasteiger partial charge >= 0.3 is 5.69 Å². The summed E-state index contributed by atoms with van der Waals surface area (Å²) in [5.41, 5.74) is 2.23. The molecule has 0 radical (unpaired) electrons. The average molecular weight is 310 g/mol. The Labute approximate surface area is 133 Å². The Morgan fingerprint density at radius 1 is 1.09 bits per heavy atom. The zero-order chi connectivity index (χ0) is 16.4. The number of nitrogens with zero attached hydrogens (tertiary/aromatic N) is 3. The van der Waals surface area contributed by atoms with Gasteiger partial charge in [0.05, 0.1) is 11.0 Å². The van der Waals surface area contributed by atoms with Gasteiger partial charge in [0.25, 0.3) is 0 Å². The van der Waals surface area contributed by atoms with Crippen molar-refractivity contribution in [3.05, 3.63) is 58.6 Å². The van der Waals surface area contributed by atoms with Crippen molar-refractivity contribution in [1.29, 1.82) is 0 Å². The number of hydrogen-bond acceptors (Lipinski definition) is 3. The fourth-order valence-corrected chi connectivity index (χ4v) is 2.67. The Morgan fingerprint density at radius 3 is 2.43 bits per heavy atom. The first-order valence-corrected chi connectivity index (χ1v) is 7.51. The number of imidazole rings is 1. The third-order valence-corrected chi connectivity index (χ3v) is 3.70. The number of aromatic nitrogens is 3. The van der Waals surface area contributed by atoms with Gasteiger partial charge in [-0.1, -0.05) is 18.2 Å². The van der Waals surface area contributed by atoms with Crippen LogP contribution in [0, 0.1) is 6.92 Å². The molecule has 0 aliphatic rings. The molecule has 23 heavy (non-hydrogen) atoms. The Balaban J connectivity index is 1.91. The van der Waals surface area contributed by atoms with Crippen LogP contribution in [0.25, 0.3) is 11.0 Å². The highest BCUT2D eigenvalue weighted by Gasteiger charge is 2.14. The van der Waals surface area contributed by atoms with Crippen LogP contribution in [0.4, 0.5) is 5.82 Å². The second-order valence-corrected chi connectivity index (χ2v) is 5.31. The highest BCUT2D eigenvalue weighted by Crippen LogP contribution is 2.13. The molecule has 2 heterocycles. The lowest BCUT2D eigenvalue weighted by Gasteiger charge is -2.06. The lowest BCUT2D eigenvalue weighted by atomic mass is 10.3. The highest BCUT2D eigenvalue weighted by atomic mass is 16.2. The number of pyridine rings is 1. The van der Waals surface area contributed by atoms with Crippen molar-refractivity contribution in [2.75, 3.05) is 5.32 Å². The third-order valence-electron chi connectivity index (χ3n) is 3.70. The summed E-state index contributed by atoms with van der Waals surface area (Å²) in [6.45, 7) is 4.29. The zero-order valence-electron chi connectivity index (χ0n) is 13.1. The summed E-state index contributed by atoms with van der Waals surface area (Å²) in [7, 11) is 0. The van der Waals surface area contributed by atoms with Crippen LogP contribution in [0.3, 0.4) is 0 Å². The molecule has 0 fully saturated rings. The summed E-state index contributed by atoms with van der Waals surface area (Å²) in [4.78, 5) is 29.0. The van der Waals surface area contributed by atoms with Gasteiger partial charge in [-0.2, -0.15) is 0 Å². The van der Waals surface area contributed by atoms with Gasteiger partial charge in [0.2, 0.25) is 5.91 Å². The number of carbonyl (C=O) groups is 1. The van der Waals surface area contributed by atoms with Crippen molar-refractivity contribution >= 4 is 22.8 Å². The molecule has 0 bridgehead atoms. The van der Waals surface area contributed by atoms with E-state index in [1.807, 2.05) is 50.2 Å². The maximum atomic E-state index is 12.5. The molecule has 0 saturated carbocycles. The molecule has 0 aliphatic carbocycles. The van der Waals surface area contributed by atoms with E-state index >= 15 is 0 Å². The molecule has 1 N–H and O–H groups in total. The number of rotatable bonds is 4. The van der Waals surface area contributed by atoms with E-state index in [4.69, 9.17) is 0 Å². The van der Waals surface area contributed by atoms with Gasteiger partial charge < -0.3 is 5.32 Å². The molecule has 118 valence electrons. The number of nitrogens with one attached hydrogen (secondary N) is 1. The van der Waals surface area contributed by atoms with Crippen LogP contribution in [-0.4, -0.2) is 20.0 Å². The number of amides is 1. The zero-order valence-corrected chi connectivity index (χ0v) is 13.1. The van der Waals surface area contributed by atoms with Crippen molar-refractivity contribution in [1.82, 2.24) is 14.1 Å². The van der Waals surface area contributed by atoms with Crippen LogP contribution in [0.5, 0.6) is 0 Å². The maximum Gasteiger partial charge on any atom is 0.329 e. The van der Waals surface area contributed by atoms with Crippen LogP contribution in [-0.2, 0) is 17.9 Å². The Kier molecular flexibility index (Phi) is 3.97. The molecule has 0 saturated heterocycles. The van der Waals surface area contributed by atoms with Crippen molar-refractivity contribution in [3.63, 3.8) is 0 Å². The van der Waals surface area contributed by atoms with E-state index in [1.54, 1.807) is 10.6 Å². The number of carbonyl (C=O) groups excluding carboxylic acids is 1. The standard InChI is InChI=1S/C17H18N4O2/c1-3-20-13-8-4-5-9-14(13)21(17(20)23)11-16(22)19-15-10-6-7-12(2)18-15/h4-10H,3,11H2,1-2H3,(H,18,19,22). The van der Waals surface area contributed by atoms with E-state index in [2.05, 4.69) is 10.3 Å². The Bertz CT molecular complexity index is 924. The SMILES string of the molecule is CCn1c(=O)n(CC(=O)Nc2cccc(C)n2)c2ccccc21. The normalized spacial score (nSPS) is 10.9. The molecule has 1 aromatic carbocycles. The van der Waals surface area contributed by atoms with Crippen molar-refractivity contribution in [3.8, 4) is 0 Å². The predicted octanol–water partition coefficient (Wildman–Crippen LogP) is 2.17. The van der Waals surface area contributed by atoms with Gasteiger partial charge in [-0.15, -0.1) is 0 Å². The van der Waals surface area contributed by atoms with Crippen molar-refractivity contribution in [2.45, 2.75) is 26.9 Å². The van der Waals surface area contributed by atoms with E-state index in [0.717, 1.165) is 16.7 Å². The fraction of sp³-hybridized carbons (Fsp3) is 0.235. The number of benzene rings is 1. The van der Waals surface area contributed by atoms with E-state index < -0.39 is 0 Å². The molecule has 3 rings (SSSR count). The molecule has 0 aliphatic heterocycles. The largest absolute Gasteiger partial charge is 0.329 e. The molecular formula is C17H18N4O2. The van der Waals surface area contributed by atoms with Crippen LogP contribution in [0.15, 0.2) is 47.3 Å². The van der Waals surface area contributed by atoms with Crippen LogP contribution in [0.2, 0.25) is 0 Å². The molecule has 0 unspecified atom stereocenters. The number of aryl methyl sites for hydroxylation is 2. The monoisotopic (exact) mass is 310 g/mol. The van der Waals surface area contributed by atoms with Gasteiger partial charge in [0.15, 0.2) is 0 Å². The summed E-state index contributed by atoms with van der Waals surface area (Å²) in [6, 6.07) is 12.9. The first-order chi connectivity index (χ1) is 11.1. The fourth-order valence-electron chi connectivity index (χ4n) is 2.67. The van der Waals surface area contributed by atoms with Gasteiger partial charge in [0, 0.05) is 12.2 Å². The minimum absolute atomic E-state index is 0.0397. The predicted molar refractivity (Wildman–Crippen MR) is 89.5 cm³/mol. The third kappa shape index (κ3) is 2.88. The van der Waals surface area contributed by atoms with Crippen LogP contribution < -0.4 is 11.0 Å². The smallest absolute Gasteiger partial charge is 0.309 e. The van der Waals surface area contributed by atoms with Crippen molar-refractivity contribution < 1.29 is 4.79 Å². The second-order valence-electron chi connectivity index (χ2n) is 5.31. The Morgan fingerprint density at radius 2 is 1.78 bits per heavy atom. The maximum absolute atomic E-state index is 12.5. The first-order valence-electron chi connectivity index (χ1n) is 7.51. The van der Waals surface area contributed by atoms with Gasteiger partial charge in [-0.05, 0) is 38.1 Å². The van der Waals surface area contributed by atoms with Gasteiger partial charge in [-0.25, -0.2) is 9.78 Å². The van der Waals surface area contributed by atoms with Gasteiger partial charge in [0.1, 0.15) is 12.4 Å². The lowest BCUT2D eigenvalue weighted by molar-refractivity contribution is -0.116. The summed E-state index contributed by atoms with van der Waals surface area (Å²) < 4.78 is 3.15. The summed E-state index contributed by atoms with van der Waals surface area (Å²) >= 11 is 0. The topological polar surface area (TPSA) is 68.9 Å². The molecule has 6 nitrogen and oxygen atoms in total. The quantitative estimate of drug-likeness (QED) is 0.803. The highest BCUT2D eigenvalue weighted by molar-refractivity contribution is 5.90. The van der Waals surface area contributed by atoms with E-state index in [-0.39, 0.29) is 18.1 Å². The number of anilines is 1. The van der Waals surface area contributed by atoms with E-state index in [0.29, 0.717) is 12.4 Å². The summed E-state index contributed by atoms with van der Waals surface area (Å²) in [5, 5.41) is 2.73. The minimum atomic E-state index is -0.274. The number of para-hydroxylation sites is 2. The average Bonchev–Trinajstić information content (AvgIpc) is 2.79. The second kappa shape index (κ2) is 6.08. The number of hydrogen-bond donors (Lipinski definition) is 1. The molecule has 6 heteroatoms. The lowest BCUT2D eigenvalue weighted by Crippen LogP contribution is -2.29. The number of fused-ring (bicyclic) bond motifs is 1. The van der Waals surface area contributed by atoms with Crippen LogP contribution >= 0.6 is 0 Å². The Hall–Kier alpha value is -2.89. The molecule has 3 aromatic rings. The van der Waals surface area contributed by atoms with Crippen molar-refractivity contribution in [2.24, 2.45) is 0 Å².